The Morgan fingerprint density at radius 2 is 1.74 bits per heavy atom. The highest BCUT2D eigenvalue weighted by Crippen LogP contribution is 2.27. The fraction of sp³-hybridized carbons (Fsp3) is 0.250. The van der Waals surface area contributed by atoms with Gasteiger partial charge in [0.2, 0.25) is 5.89 Å². The van der Waals surface area contributed by atoms with Crippen LogP contribution in [0.5, 0.6) is 11.5 Å². The Morgan fingerprint density at radius 3 is 2.48 bits per heavy atom. The highest BCUT2D eigenvalue weighted by atomic mass is 16.5. The molecule has 140 valence electrons. The molecule has 0 spiro atoms. The Morgan fingerprint density at radius 1 is 0.963 bits per heavy atom. The average Bonchev–Trinajstić information content (AvgIpc) is 3.20. The lowest BCUT2D eigenvalue weighted by Crippen LogP contribution is -2.23. The standard InChI is InChI=1S/C20H21N3O4/c1-25-16-10-8-15(12-17(16)26-2)13-21-19(24)20-23-22-18(27-20)11-9-14-6-4-3-5-7-14/h3-8,10,12H,9,11,13H2,1-2H3,(H,21,24). The summed E-state index contributed by atoms with van der Waals surface area (Å²) >= 11 is 0. The lowest BCUT2D eigenvalue weighted by Gasteiger charge is -2.09. The fourth-order valence-electron chi connectivity index (χ4n) is 2.59. The quantitative estimate of drug-likeness (QED) is 0.659. The van der Waals surface area contributed by atoms with E-state index in [9.17, 15) is 4.79 Å². The molecule has 0 unspecified atom stereocenters. The zero-order valence-electron chi connectivity index (χ0n) is 15.3. The topological polar surface area (TPSA) is 86.5 Å². The van der Waals surface area contributed by atoms with E-state index in [0.717, 1.165) is 12.0 Å². The second-order valence-electron chi connectivity index (χ2n) is 5.86. The van der Waals surface area contributed by atoms with E-state index in [2.05, 4.69) is 15.5 Å². The highest BCUT2D eigenvalue weighted by molar-refractivity contribution is 5.89. The molecule has 1 N–H and O–H groups in total. The molecule has 0 radical (unpaired) electrons. The SMILES string of the molecule is COc1ccc(CNC(=O)c2nnc(CCc3ccccc3)o2)cc1OC. The first-order valence-electron chi connectivity index (χ1n) is 8.55. The summed E-state index contributed by atoms with van der Waals surface area (Å²) in [5.41, 5.74) is 2.04. The van der Waals surface area contributed by atoms with E-state index < -0.39 is 5.91 Å². The maximum absolute atomic E-state index is 12.2. The van der Waals surface area contributed by atoms with Gasteiger partial charge in [-0.1, -0.05) is 36.4 Å². The van der Waals surface area contributed by atoms with Gasteiger partial charge in [0, 0.05) is 13.0 Å². The van der Waals surface area contributed by atoms with Crippen molar-refractivity contribution in [1.82, 2.24) is 15.5 Å². The predicted octanol–water partition coefficient (Wildman–Crippen LogP) is 2.80. The van der Waals surface area contributed by atoms with E-state index in [1.807, 2.05) is 36.4 Å². The lowest BCUT2D eigenvalue weighted by atomic mass is 10.1. The lowest BCUT2D eigenvalue weighted by molar-refractivity contribution is 0.0914. The molecule has 3 rings (SSSR count). The zero-order valence-corrected chi connectivity index (χ0v) is 15.3. The molecule has 0 atom stereocenters. The average molecular weight is 367 g/mol. The summed E-state index contributed by atoms with van der Waals surface area (Å²) in [7, 11) is 3.14. The van der Waals surface area contributed by atoms with Gasteiger partial charge in [0.15, 0.2) is 11.5 Å². The minimum Gasteiger partial charge on any atom is -0.493 e. The minimum atomic E-state index is -0.414. The summed E-state index contributed by atoms with van der Waals surface area (Å²) in [6.07, 6.45) is 1.36. The van der Waals surface area contributed by atoms with E-state index in [-0.39, 0.29) is 5.89 Å². The van der Waals surface area contributed by atoms with E-state index in [1.54, 1.807) is 26.4 Å². The number of nitrogens with one attached hydrogen (secondary N) is 1. The normalized spacial score (nSPS) is 10.4. The van der Waals surface area contributed by atoms with Crippen molar-refractivity contribution in [3.05, 3.63) is 71.4 Å². The summed E-state index contributed by atoms with van der Waals surface area (Å²) in [6.45, 7) is 0.306. The van der Waals surface area contributed by atoms with Gasteiger partial charge in [0.25, 0.3) is 0 Å². The molecule has 1 heterocycles. The molecule has 3 aromatic rings. The number of carbonyl (C=O) groups excluding carboxylic acids is 1. The Labute approximate surface area is 157 Å². The van der Waals surface area contributed by atoms with Gasteiger partial charge in [-0.2, -0.15) is 0 Å². The Balaban J connectivity index is 1.55. The molecule has 7 heteroatoms. The van der Waals surface area contributed by atoms with Crippen molar-refractivity contribution in [2.75, 3.05) is 14.2 Å². The number of hydrogen-bond donors (Lipinski definition) is 1. The summed E-state index contributed by atoms with van der Waals surface area (Å²) in [6, 6.07) is 15.4. The molecule has 2 aromatic carbocycles. The summed E-state index contributed by atoms with van der Waals surface area (Å²) in [4.78, 5) is 12.2. The van der Waals surface area contributed by atoms with Crippen molar-refractivity contribution in [3.63, 3.8) is 0 Å². The van der Waals surface area contributed by atoms with Crippen LogP contribution in [0.15, 0.2) is 52.9 Å². The summed E-state index contributed by atoms with van der Waals surface area (Å²) < 4.78 is 15.9. The van der Waals surface area contributed by atoms with Crippen LogP contribution in [0.2, 0.25) is 0 Å². The van der Waals surface area contributed by atoms with Crippen LogP contribution in [0, 0.1) is 0 Å². The first-order valence-corrected chi connectivity index (χ1v) is 8.55. The third-order valence-electron chi connectivity index (χ3n) is 4.03. The van der Waals surface area contributed by atoms with Gasteiger partial charge in [-0.05, 0) is 29.7 Å². The van der Waals surface area contributed by atoms with Gasteiger partial charge in [0.05, 0.1) is 14.2 Å². The number of aryl methyl sites for hydroxylation is 2. The number of aromatic nitrogens is 2. The molecule has 0 saturated heterocycles. The van der Waals surface area contributed by atoms with Crippen molar-refractivity contribution in [1.29, 1.82) is 0 Å². The van der Waals surface area contributed by atoms with E-state index in [4.69, 9.17) is 13.9 Å². The predicted molar refractivity (Wildman–Crippen MR) is 98.9 cm³/mol. The van der Waals surface area contributed by atoms with Crippen molar-refractivity contribution < 1.29 is 18.7 Å². The fourth-order valence-corrected chi connectivity index (χ4v) is 2.59. The number of benzene rings is 2. The van der Waals surface area contributed by atoms with Crippen molar-refractivity contribution in [3.8, 4) is 11.5 Å². The van der Waals surface area contributed by atoms with Gasteiger partial charge >= 0.3 is 11.8 Å². The molecule has 0 bridgehead atoms. The molecule has 7 nitrogen and oxygen atoms in total. The van der Waals surface area contributed by atoms with Crippen LogP contribution >= 0.6 is 0 Å². The van der Waals surface area contributed by atoms with Crippen LogP contribution < -0.4 is 14.8 Å². The van der Waals surface area contributed by atoms with Crippen molar-refractivity contribution in [2.45, 2.75) is 19.4 Å². The first kappa shape index (κ1) is 18.4. The third-order valence-corrected chi connectivity index (χ3v) is 4.03. The summed E-state index contributed by atoms with van der Waals surface area (Å²) in [5.74, 6) is 1.22. The zero-order chi connectivity index (χ0) is 19.1. The van der Waals surface area contributed by atoms with Crippen LogP contribution in [0.1, 0.15) is 27.7 Å². The molecule has 0 aliphatic rings. The monoisotopic (exact) mass is 367 g/mol. The number of hydrogen-bond acceptors (Lipinski definition) is 6. The molecular weight excluding hydrogens is 346 g/mol. The second kappa shape index (κ2) is 8.84. The smallest absolute Gasteiger partial charge is 0.309 e. The molecule has 0 fully saturated rings. The second-order valence-corrected chi connectivity index (χ2v) is 5.86. The van der Waals surface area contributed by atoms with E-state index in [1.165, 1.54) is 5.56 Å². The van der Waals surface area contributed by atoms with E-state index in [0.29, 0.717) is 30.4 Å². The number of methoxy groups -OCH3 is 2. The number of ether oxygens (including phenoxy) is 2. The number of amides is 1. The Bertz CT molecular complexity index is 893. The number of rotatable bonds is 8. The molecule has 0 saturated carbocycles. The molecular formula is C20H21N3O4. The van der Waals surface area contributed by atoms with Gasteiger partial charge in [-0.3, -0.25) is 4.79 Å². The minimum absolute atomic E-state index is 0.0430. The van der Waals surface area contributed by atoms with Crippen LogP contribution in [0.3, 0.4) is 0 Å². The largest absolute Gasteiger partial charge is 0.493 e. The molecule has 1 aromatic heterocycles. The molecule has 0 aliphatic heterocycles. The van der Waals surface area contributed by atoms with Crippen molar-refractivity contribution >= 4 is 5.91 Å². The molecule has 27 heavy (non-hydrogen) atoms. The number of carbonyl (C=O) groups is 1. The van der Waals surface area contributed by atoms with E-state index >= 15 is 0 Å². The van der Waals surface area contributed by atoms with Gasteiger partial charge in [-0.15, -0.1) is 10.2 Å². The maximum atomic E-state index is 12.2. The summed E-state index contributed by atoms with van der Waals surface area (Å²) in [5, 5.41) is 10.5. The highest BCUT2D eigenvalue weighted by Gasteiger charge is 2.15. The maximum Gasteiger partial charge on any atom is 0.309 e. The molecule has 1 amide bonds. The van der Waals surface area contributed by atoms with Gasteiger partial charge < -0.3 is 19.2 Å². The van der Waals surface area contributed by atoms with Crippen molar-refractivity contribution in [2.24, 2.45) is 0 Å². The molecule has 0 aliphatic carbocycles. The van der Waals surface area contributed by atoms with Crippen LogP contribution in [-0.4, -0.2) is 30.3 Å². The third kappa shape index (κ3) is 4.84. The Kier molecular flexibility index (Phi) is 6.04. The number of nitrogens with zero attached hydrogens (tertiary/aromatic N) is 2. The van der Waals surface area contributed by atoms with Crippen LogP contribution in [-0.2, 0) is 19.4 Å². The Hall–Kier alpha value is -3.35. The van der Waals surface area contributed by atoms with Crippen LogP contribution in [0.25, 0.3) is 0 Å². The van der Waals surface area contributed by atoms with Crippen LogP contribution in [0.4, 0.5) is 0 Å². The van der Waals surface area contributed by atoms with Gasteiger partial charge in [0.1, 0.15) is 0 Å². The van der Waals surface area contributed by atoms with Gasteiger partial charge in [-0.25, -0.2) is 0 Å². The first-order chi connectivity index (χ1) is 13.2.